The first-order valence-corrected chi connectivity index (χ1v) is 6.19. The van der Waals surface area contributed by atoms with E-state index >= 15 is 0 Å². The first kappa shape index (κ1) is 16.0. The summed E-state index contributed by atoms with van der Waals surface area (Å²) in [6.07, 6.45) is -1.06. The highest BCUT2D eigenvalue weighted by molar-refractivity contribution is 5.90. The van der Waals surface area contributed by atoms with Crippen LogP contribution >= 0.6 is 0 Å². The Bertz CT molecular complexity index is 481. The molecule has 0 amide bonds. The molecular formula is C14H18O6. The molecule has 6 nitrogen and oxygen atoms in total. The second-order valence-corrected chi connectivity index (χ2v) is 4.80. The minimum Gasteiger partial charge on any atom is -0.432 e. The maximum Gasteiger partial charge on any atom is 0.543 e. The second-order valence-electron chi connectivity index (χ2n) is 4.80. The molecule has 0 spiro atoms. The zero-order valence-corrected chi connectivity index (χ0v) is 12.0. The van der Waals surface area contributed by atoms with E-state index in [4.69, 9.17) is 0 Å². The van der Waals surface area contributed by atoms with Gasteiger partial charge in [-0.1, -0.05) is 31.5 Å². The first-order chi connectivity index (χ1) is 9.40. The van der Waals surface area contributed by atoms with Crippen LogP contribution in [0.25, 0.3) is 0 Å². The van der Waals surface area contributed by atoms with Crippen LogP contribution in [-0.2, 0) is 19.6 Å². The predicted octanol–water partition coefficient (Wildman–Crippen LogP) is 3.12. The number of hydrogen-bond acceptors (Lipinski definition) is 6. The minimum absolute atomic E-state index is 0.167. The highest BCUT2D eigenvalue weighted by Crippen LogP contribution is 2.12. The number of benzene rings is 1. The molecule has 0 atom stereocenters. The molecule has 1 aromatic carbocycles. The summed E-state index contributed by atoms with van der Waals surface area (Å²) in [5.41, 5.74) is 1.97. The maximum absolute atomic E-state index is 11.7. The summed E-state index contributed by atoms with van der Waals surface area (Å²) in [7, 11) is 0. The van der Waals surface area contributed by atoms with Gasteiger partial charge in [-0.15, -0.1) is 0 Å². The summed E-state index contributed by atoms with van der Waals surface area (Å²) in [6, 6.07) is 5.30. The fourth-order valence-corrected chi connectivity index (χ4v) is 1.34. The van der Waals surface area contributed by atoms with Gasteiger partial charge in [0.15, 0.2) is 0 Å². The maximum atomic E-state index is 11.7. The van der Waals surface area contributed by atoms with Crippen LogP contribution in [0.15, 0.2) is 18.2 Å². The summed E-state index contributed by atoms with van der Waals surface area (Å²) < 4.78 is 4.66. The molecule has 0 unspecified atom stereocenters. The van der Waals surface area contributed by atoms with Crippen molar-refractivity contribution < 1.29 is 29.1 Å². The fourth-order valence-electron chi connectivity index (χ4n) is 1.34. The normalized spacial score (nSPS) is 10.2. The summed E-state index contributed by atoms with van der Waals surface area (Å²) in [6.45, 7) is 7.53. The number of hydrogen-bond donors (Lipinski definition) is 0. The van der Waals surface area contributed by atoms with Crippen molar-refractivity contribution >= 4 is 12.1 Å². The molecule has 0 N–H and O–H groups in total. The molecule has 0 aliphatic carbocycles. The van der Waals surface area contributed by atoms with Crippen LogP contribution < -0.4 is 0 Å². The summed E-state index contributed by atoms with van der Waals surface area (Å²) in [5.74, 6) is -0.581. The van der Waals surface area contributed by atoms with Crippen molar-refractivity contribution in [2.24, 2.45) is 5.92 Å². The Morgan fingerprint density at radius 3 is 2.50 bits per heavy atom. The van der Waals surface area contributed by atoms with Crippen molar-refractivity contribution in [1.29, 1.82) is 0 Å². The van der Waals surface area contributed by atoms with Crippen molar-refractivity contribution in [2.45, 2.75) is 27.7 Å². The average Bonchev–Trinajstić information content (AvgIpc) is 2.39. The highest BCUT2D eigenvalue weighted by atomic mass is 17.5. The molecule has 1 aromatic rings. The van der Waals surface area contributed by atoms with Crippen LogP contribution in [0.5, 0.6) is 0 Å². The lowest BCUT2D eigenvalue weighted by atomic mass is 10.1. The summed E-state index contributed by atoms with van der Waals surface area (Å²) >= 11 is 0. The van der Waals surface area contributed by atoms with E-state index in [0.29, 0.717) is 5.56 Å². The van der Waals surface area contributed by atoms with Gasteiger partial charge >= 0.3 is 12.1 Å². The molecule has 0 heterocycles. The number of carbonyl (C=O) groups excluding carboxylic acids is 2. The minimum atomic E-state index is -1.06. The fraction of sp³-hybridized carbons (Fsp3) is 0.429. The van der Waals surface area contributed by atoms with Gasteiger partial charge in [0.1, 0.15) is 0 Å². The van der Waals surface area contributed by atoms with Crippen LogP contribution in [0, 0.1) is 19.8 Å². The largest absolute Gasteiger partial charge is 0.543 e. The van der Waals surface area contributed by atoms with Crippen LogP contribution in [0.3, 0.4) is 0 Å². The first-order valence-electron chi connectivity index (χ1n) is 6.19. The zero-order valence-electron chi connectivity index (χ0n) is 12.0. The van der Waals surface area contributed by atoms with Gasteiger partial charge in [-0.3, -0.25) is 4.89 Å². The third-order valence-corrected chi connectivity index (χ3v) is 2.36. The number of rotatable bonds is 5. The van der Waals surface area contributed by atoms with Gasteiger partial charge in [0, 0.05) is 0 Å². The molecule has 1 rings (SSSR count). The van der Waals surface area contributed by atoms with Gasteiger partial charge in [0.25, 0.3) is 0 Å². The lowest BCUT2D eigenvalue weighted by Crippen LogP contribution is -2.14. The molecule has 0 bridgehead atoms. The third-order valence-electron chi connectivity index (χ3n) is 2.36. The van der Waals surface area contributed by atoms with E-state index in [-0.39, 0.29) is 12.5 Å². The number of aryl methyl sites for hydroxylation is 2. The van der Waals surface area contributed by atoms with E-state index in [1.807, 2.05) is 26.8 Å². The van der Waals surface area contributed by atoms with E-state index < -0.39 is 12.1 Å². The topological polar surface area (TPSA) is 71.1 Å². The summed E-state index contributed by atoms with van der Waals surface area (Å²) in [5, 5.41) is 4.11. The Balaban J connectivity index is 2.40. The molecule has 20 heavy (non-hydrogen) atoms. The van der Waals surface area contributed by atoms with Crippen molar-refractivity contribution in [3.8, 4) is 0 Å². The van der Waals surface area contributed by atoms with Crippen molar-refractivity contribution in [3.63, 3.8) is 0 Å². The molecule has 0 aromatic heterocycles. The Hall–Kier alpha value is -2.08. The predicted molar refractivity (Wildman–Crippen MR) is 69.7 cm³/mol. The molecule has 0 fully saturated rings. The van der Waals surface area contributed by atoms with Crippen molar-refractivity contribution in [2.75, 3.05) is 6.61 Å². The lowest BCUT2D eigenvalue weighted by molar-refractivity contribution is -0.452. The van der Waals surface area contributed by atoms with Crippen LogP contribution in [-0.4, -0.2) is 18.7 Å². The Morgan fingerprint density at radius 1 is 1.15 bits per heavy atom. The van der Waals surface area contributed by atoms with Gasteiger partial charge in [-0.05, 0) is 31.4 Å². The third kappa shape index (κ3) is 5.27. The standard InChI is InChI=1S/C14H18O6/c1-9(2)8-17-14(16)19-20-18-13(15)12-7-10(3)5-6-11(12)4/h5-7,9H,8H2,1-4H3. The van der Waals surface area contributed by atoms with Gasteiger partial charge < -0.3 is 4.74 Å². The van der Waals surface area contributed by atoms with Gasteiger partial charge in [0.05, 0.1) is 17.2 Å². The van der Waals surface area contributed by atoms with Crippen LogP contribution in [0.1, 0.15) is 35.3 Å². The van der Waals surface area contributed by atoms with Gasteiger partial charge in [0.2, 0.25) is 0 Å². The van der Waals surface area contributed by atoms with E-state index in [9.17, 15) is 9.59 Å². The molecule has 110 valence electrons. The Labute approximate surface area is 117 Å². The molecule has 0 aliphatic rings. The van der Waals surface area contributed by atoms with Gasteiger partial charge in [-0.25, -0.2) is 14.5 Å². The Kier molecular flexibility index (Phi) is 5.99. The van der Waals surface area contributed by atoms with Crippen molar-refractivity contribution in [3.05, 3.63) is 34.9 Å². The van der Waals surface area contributed by atoms with Crippen LogP contribution in [0.4, 0.5) is 4.79 Å². The smallest absolute Gasteiger partial charge is 0.432 e. The Morgan fingerprint density at radius 2 is 1.85 bits per heavy atom. The van der Waals surface area contributed by atoms with E-state index in [0.717, 1.165) is 11.1 Å². The molecule has 0 saturated carbocycles. The average molecular weight is 282 g/mol. The molecule has 6 heteroatoms. The molecule has 0 radical (unpaired) electrons. The summed E-state index contributed by atoms with van der Waals surface area (Å²) in [4.78, 5) is 31.2. The zero-order chi connectivity index (χ0) is 15.1. The number of ether oxygens (including phenoxy) is 1. The molecular weight excluding hydrogens is 264 g/mol. The SMILES string of the molecule is Cc1ccc(C)c(C(=O)OOOC(=O)OCC(C)C)c1. The number of carbonyl (C=O) groups is 2. The van der Waals surface area contributed by atoms with E-state index in [2.05, 4.69) is 19.6 Å². The molecule has 0 saturated heterocycles. The highest BCUT2D eigenvalue weighted by Gasteiger charge is 2.14. The second kappa shape index (κ2) is 7.49. The quantitative estimate of drug-likeness (QED) is 0.469. The van der Waals surface area contributed by atoms with E-state index in [1.54, 1.807) is 19.1 Å². The van der Waals surface area contributed by atoms with Gasteiger partial charge in [-0.2, -0.15) is 0 Å². The molecule has 0 aliphatic heterocycles. The lowest BCUT2D eigenvalue weighted by Gasteiger charge is -2.07. The monoisotopic (exact) mass is 282 g/mol. The van der Waals surface area contributed by atoms with Crippen molar-refractivity contribution in [1.82, 2.24) is 0 Å². The van der Waals surface area contributed by atoms with E-state index in [1.165, 1.54) is 0 Å². The van der Waals surface area contributed by atoms with Crippen LogP contribution in [0.2, 0.25) is 0 Å².